The second-order valence-corrected chi connectivity index (χ2v) is 5.45. The molecule has 0 radical (unpaired) electrons. The van der Waals surface area contributed by atoms with Gasteiger partial charge in [0.15, 0.2) is 0 Å². The molecule has 0 aliphatic carbocycles. The first kappa shape index (κ1) is 13.2. The zero-order chi connectivity index (χ0) is 12.0. The van der Waals surface area contributed by atoms with Gasteiger partial charge in [0.25, 0.3) is 0 Å². The van der Waals surface area contributed by atoms with Gasteiger partial charge in [-0.2, -0.15) is 0 Å². The Morgan fingerprint density at radius 3 is 2.06 bits per heavy atom. The van der Waals surface area contributed by atoms with Crippen molar-refractivity contribution in [3.8, 4) is 0 Å². The molecule has 0 aliphatic rings. The quantitative estimate of drug-likeness (QED) is 0.747. The van der Waals surface area contributed by atoms with Crippen molar-refractivity contribution in [1.29, 1.82) is 0 Å². The highest BCUT2D eigenvalue weighted by molar-refractivity contribution is 5.22. The van der Waals surface area contributed by atoms with Gasteiger partial charge in [-0.25, -0.2) is 0 Å². The van der Waals surface area contributed by atoms with Crippen LogP contribution in [0.25, 0.3) is 0 Å². The number of nitrogens with one attached hydrogen (secondary N) is 1. The van der Waals surface area contributed by atoms with Crippen molar-refractivity contribution in [3.05, 3.63) is 35.4 Å². The Morgan fingerprint density at radius 1 is 1.00 bits per heavy atom. The van der Waals surface area contributed by atoms with E-state index < -0.39 is 0 Å². The van der Waals surface area contributed by atoms with Crippen LogP contribution in [0.2, 0.25) is 0 Å². The number of benzene rings is 1. The average Bonchev–Trinajstić information content (AvgIpc) is 2.24. The van der Waals surface area contributed by atoms with Crippen molar-refractivity contribution in [2.75, 3.05) is 6.54 Å². The minimum absolute atomic E-state index is 0.242. The predicted octanol–water partition coefficient (Wildman–Crippen LogP) is 3.57. The minimum Gasteiger partial charge on any atom is -0.312 e. The van der Waals surface area contributed by atoms with Crippen molar-refractivity contribution in [1.82, 2.24) is 5.32 Å². The predicted molar refractivity (Wildman–Crippen MR) is 71.9 cm³/mol. The van der Waals surface area contributed by atoms with E-state index in [1.807, 2.05) is 0 Å². The summed E-state index contributed by atoms with van der Waals surface area (Å²) in [5.74, 6) is 0. The Balaban J connectivity index is 2.27. The highest BCUT2D eigenvalue weighted by Crippen LogP contribution is 2.07. The summed E-state index contributed by atoms with van der Waals surface area (Å²) in [6.07, 6.45) is 3.52. The van der Waals surface area contributed by atoms with E-state index in [2.05, 4.69) is 57.3 Å². The molecule has 0 fully saturated rings. The highest BCUT2D eigenvalue weighted by atomic mass is 14.9. The topological polar surface area (TPSA) is 12.0 Å². The van der Waals surface area contributed by atoms with E-state index in [1.165, 1.54) is 24.0 Å². The molecule has 0 bridgehead atoms. The number of hydrogen-bond donors (Lipinski definition) is 1. The number of aryl methyl sites for hydroxylation is 2. The van der Waals surface area contributed by atoms with Gasteiger partial charge in [-0.05, 0) is 57.7 Å². The van der Waals surface area contributed by atoms with Crippen LogP contribution in [0.1, 0.15) is 45.2 Å². The Hall–Kier alpha value is -0.820. The maximum Gasteiger partial charge on any atom is 0.00965 e. The van der Waals surface area contributed by atoms with Crippen LogP contribution < -0.4 is 5.32 Å². The van der Waals surface area contributed by atoms with Crippen LogP contribution in [-0.2, 0) is 12.8 Å². The van der Waals surface area contributed by atoms with E-state index in [-0.39, 0.29) is 5.54 Å². The molecule has 1 heteroatoms. The SMILES string of the molecule is CCc1ccc(CCCNC(C)(C)C)cc1. The monoisotopic (exact) mass is 219 g/mol. The first-order chi connectivity index (χ1) is 7.51. The molecule has 1 aromatic carbocycles. The summed E-state index contributed by atoms with van der Waals surface area (Å²) >= 11 is 0. The molecular formula is C15H25N. The lowest BCUT2D eigenvalue weighted by molar-refractivity contribution is 0.422. The summed E-state index contributed by atoms with van der Waals surface area (Å²) in [5.41, 5.74) is 3.12. The molecule has 0 atom stereocenters. The molecule has 1 N–H and O–H groups in total. The van der Waals surface area contributed by atoms with Gasteiger partial charge in [0.2, 0.25) is 0 Å². The summed E-state index contributed by atoms with van der Waals surface area (Å²) < 4.78 is 0. The van der Waals surface area contributed by atoms with Crippen LogP contribution in [0, 0.1) is 0 Å². The van der Waals surface area contributed by atoms with Crippen molar-refractivity contribution >= 4 is 0 Å². The molecule has 0 heterocycles. The molecule has 0 saturated carbocycles. The second kappa shape index (κ2) is 6.05. The van der Waals surface area contributed by atoms with E-state index in [1.54, 1.807) is 0 Å². The van der Waals surface area contributed by atoms with Crippen LogP contribution in [-0.4, -0.2) is 12.1 Å². The van der Waals surface area contributed by atoms with Gasteiger partial charge < -0.3 is 5.32 Å². The molecule has 0 spiro atoms. The maximum absolute atomic E-state index is 3.51. The minimum atomic E-state index is 0.242. The molecule has 1 aromatic rings. The molecule has 90 valence electrons. The lowest BCUT2D eigenvalue weighted by Gasteiger charge is -2.20. The molecule has 0 unspecified atom stereocenters. The molecule has 16 heavy (non-hydrogen) atoms. The van der Waals surface area contributed by atoms with Gasteiger partial charge >= 0.3 is 0 Å². The van der Waals surface area contributed by atoms with Gasteiger partial charge in [0.05, 0.1) is 0 Å². The molecule has 0 aliphatic heterocycles. The van der Waals surface area contributed by atoms with Gasteiger partial charge in [-0.1, -0.05) is 31.2 Å². The Morgan fingerprint density at radius 2 is 1.56 bits per heavy atom. The van der Waals surface area contributed by atoms with Crippen molar-refractivity contribution < 1.29 is 0 Å². The van der Waals surface area contributed by atoms with Crippen LogP contribution in [0.4, 0.5) is 0 Å². The average molecular weight is 219 g/mol. The zero-order valence-electron chi connectivity index (χ0n) is 11.1. The normalized spacial score (nSPS) is 11.8. The first-order valence-corrected chi connectivity index (χ1v) is 6.34. The first-order valence-electron chi connectivity index (χ1n) is 6.34. The van der Waals surface area contributed by atoms with E-state index in [9.17, 15) is 0 Å². The molecule has 0 amide bonds. The highest BCUT2D eigenvalue weighted by Gasteiger charge is 2.06. The van der Waals surface area contributed by atoms with Crippen molar-refractivity contribution in [2.24, 2.45) is 0 Å². The van der Waals surface area contributed by atoms with E-state index in [0.29, 0.717) is 0 Å². The fourth-order valence-corrected chi connectivity index (χ4v) is 1.70. The van der Waals surface area contributed by atoms with Crippen LogP contribution >= 0.6 is 0 Å². The third-order valence-electron chi connectivity index (χ3n) is 2.73. The van der Waals surface area contributed by atoms with Gasteiger partial charge in [-0.15, -0.1) is 0 Å². The standard InChI is InChI=1S/C15H25N/c1-5-13-8-10-14(11-9-13)7-6-12-16-15(2,3)4/h8-11,16H,5-7,12H2,1-4H3. The Bertz CT molecular complexity index is 292. The fourth-order valence-electron chi connectivity index (χ4n) is 1.70. The smallest absolute Gasteiger partial charge is 0.00965 e. The molecular weight excluding hydrogens is 194 g/mol. The second-order valence-electron chi connectivity index (χ2n) is 5.45. The van der Waals surface area contributed by atoms with Crippen molar-refractivity contribution in [3.63, 3.8) is 0 Å². The molecule has 1 rings (SSSR count). The van der Waals surface area contributed by atoms with Gasteiger partial charge in [0, 0.05) is 5.54 Å². The third kappa shape index (κ3) is 5.32. The molecule has 0 saturated heterocycles. The third-order valence-corrected chi connectivity index (χ3v) is 2.73. The van der Waals surface area contributed by atoms with Crippen LogP contribution in [0.15, 0.2) is 24.3 Å². The summed E-state index contributed by atoms with van der Waals surface area (Å²) in [6, 6.07) is 9.00. The van der Waals surface area contributed by atoms with Gasteiger partial charge in [0.1, 0.15) is 0 Å². The van der Waals surface area contributed by atoms with E-state index >= 15 is 0 Å². The van der Waals surface area contributed by atoms with Crippen molar-refractivity contribution in [2.45, 2.75) is 52.5 Å². The zero-order valence-corrected chi connectivity index (χ0v) is 11.1. The van der Waals surface area contributed by atoms with E-state index in [0.717, 1.165) is 13.0 Å². The maximum atomic E-state index is 3.51. The lowest BCUT2D eigenvalue weighted by Crippen LogP contribution is -2.36. The summed E-state index contributed by atoms with van der Waals surface area (Å²) in [5, 5.41) is 3.51. The molecule has 1 nitrogen and oxygen atoms in total. The number of rotatable bonds is 5. The molecule has 0 aromatic heterocycles. The number of hydrogen-bond acceptors (Lipinski definition) is 1. The van der Waals surface area contributed by atoms with Crippen LogP contribution in [0.5, 0.6) is 0 Å². The Labute approximate surface area is 100 Å². The summed E-state index contributed by atoms with van der Waals surface area (Å²) in [4.78, 5) is 0. The van der Waals surface area contributed by atoms with E-state index in [4.69, 9.17) is 0 Å². The van der Waals surface area contributed by atoms with Gasteiger partial charge in [-0.3, -0.25) is 0 Å². The fraction of sp³-hybridized carbons (Fsp3) is 0.600. The summed E-state index contributed by atoms with van der Waals surface area (Å²) in [6.45, 7) is 9.93. The lowest BCUT2D eigenvalue weighted by atomic mass is 10.1. The largest absolute Gasteiger partial charge is 0.312 e. The summed E-state index contributed by atoms with van der Waals surface area (Å²) in [7, 11) is 0. The Kier molecular flexibility index (Phi) is 5.01. The van der Waals surface area contributed by atoms with Crippen LogP contribution in [0.3, 0.4) is 0 Å².